The molecule has 0 radical (unpaired) electrons. The van der Waals surface area contributed by atoms with E-state index in [0.717, 1.165) is 37.4 Å². The van der Waals surface area contributed by atoms with E-state index in [1.807, 2.05) is 42.2 Å². The number of anilines is 1. The summed E-state index contributed by atoms with van der Waals surface area (Å²) in [6.07, 6.45) is 0. The smallest absolute Gasteiger partial charge is 0.233 e. The highest BCUT2D eigenvalue weighted by Crippen LogP contribution is 2.22. The van der Waals surface area contributed by atoms with Crippen molar-refractivity contribution in [2.75, 3.05) is 36.8 Å². The third-order valence-corrected chi connectivity index (χ3v) is 6.00. The van der Waals surface area contributed by atoms with Gasteiger partial charge in [0, 0.05) is 31.9 Å². The molecular weight excluding hydrogens is 384 g/mol. The van der Waals surface area contributed by atoms with E-state index in [4.69, 9.17) is 0 Å². The van der Waals surface area contributed by atoms with Crippen LogP contribution in [0.15, 0.2) is 53.7 Å². The van der Waals surface area contributed by atoms with E-state index in [0.29, 0.717) is 10.9 Å². The Kier molecular flexibility index (Phi) is 5.80. The molecule has 0 unspecified atom stereocenters. The first-order valence-electron chi connectivity index (χ1n) is 9.68. The van der Waals surface area contributed by atoms with E-state index in [1.165, 1.54) is 23.0 Å². The summed E-state index contributed by atoms with van der Waals surface area (Å²) in [5.74, 6) is 0.453. The average molecular weight is 409 g/mol. The minimum Gasteiger partial charge on any atom is -0.368 e. The lowest BCUT2D eigenvalue weighted by atomic mass is 10.1. The molecule has 3 aromatic rings. The molecular formula is C21H24N6OS. The van der Waals surface area contributed by atoms with Gasteiger partial charge in [0.1, 0.15) is 0 Å². The van der Waals surface area contributed by atoms with Gasteiger partial charge in [0.05, 0.1) is 11.4 Å². The number of carbonyl (C=O) groups is 1. The summed E-state index contributed by atoms with van der Waals surface area (Å²) in [6, 6.07) is 16.5. The second-order valence-electron chi connectivity index (χ2n) is 7.16. The lowest BCUT2D eigenvalue weighted by Gasteiger charge is -2.36. The van der Waals surface area contributed by atoms with Crippen LogP contribution in [0.25, 0.3) is 5.69 Å². The molecule has 0 atom stereocenters. The van der Waals surface area contributed by atoms with E-state index >= 15 is 0 Å². The number of tetrazole rings is 1. The monoisotopic (exact) mass is 408 g/mol. The molecule has 1 aliphatic heterocycles. The standard InChI is InChI=1S/C21H24N6OS/c1-16-8-9-19(17(2)14-16)27-21(22-23-24-27)29-15-20(28)26-12-10-25(11-13-26)18-6-4-3-5-7-18/h3-9,14H,10-13,15H2,1-2H3. The van der Waals surface area contributed by atoms with Crippen molar-refractivity contribution in [3.63, 3.8) is 0 Å². The predicted molar refractivity (Wildman–Crippen MR) is 115 cm³/mol. The Morgan fingerprint density at radius 2 is 1.79 bits per heavy atom. The van der Waals surface area contributed by atoms with Crippen molar-refractivity contribution in [2.45, 2.75) is 19.0 Å². The number of hydrogen-bond acceptors (Lipinski definition) is 6. The number of aryl methyl sites for hydroxylation is 2. The van der Waals surface area contributed by atoms with Crippen LogP contribution in [-0.4, -0.2) is 62.9 Å². The Morgan fingerprint density at radius 3 is 2.52 bits per heavy atom. The maximum atomic E-state index is 12.7. The number of para-hydroxylation sites is 1. The molecule has 150 valence electrons. The van der Waals surface area contributed by atoms with Crippen molar-refractivity contribution < 1.29 is 4.79 Å². The molecule has 2 heterocycles. The van der Waals surface area contributed by atoms with Crippen LogP contribution < -0.4 is 4.90 Å². The van der Waals surface area contributed by atoms with Crippen LogP contribution in [0.4, 0.5) is 5.69 Å². The highest BCUT2D eigenvalue weighted by Gasteiger charge is 2.22. The Hall–Kier alpha value is -2.87. The van der Waals surface area contributed by atoms with Gasteiger partial charge >= 0.3 is 0 Å². The summed E-state index contributed by atoms with van der Waals surface area (Å²) in [7, 11) is 0. The van der Waals surface area contributed by atoms with E-state index in [9.17, 15) is 4.79 Å². The second-order valence-corrected chi connectivity index (χ2v) is 8.10. The number of hydrogen-bond donors (Lipinski definition) is 0. The molecule has 0 bridgehead atoms. The quantitative estimate of drug-likeness (QED) is 0.605. The van der Waals surface area contributed by atoms with Crippen LogP contribution in [0, 0.1) is 13.8 Å². The number of thioether (sulfide) groups is 1. The van der Waals surface area contributed by atoms with E-state index < -0.39 is 0 Å². The summed E-state index contributed by atoms with van der Waals surface area (Å²) in [6.45, 7) is 7.26. The van der Waals surface area contributed by atoms with Gasteiger partial charge in [-0.15, -0.1) is 5.10 Å². The second kappa shape index (κ2) is 8.65. The molecule has 1 aromatic heterocycles. The molecule has 0 aliphatic carbocycles. The first-order chi connectivity index (χ1) is 14.1. The van der Waals surface area contributed by atoms with Gasteiger partial charge in [0.2, 0.25) is 11.1 Å². The molecule has 8 heteroatoms. The van der Waals surface area contributed by atoms with Crippen LogP contribution in [0.1, 0.15) is 11.1 Å². The molecule has 1 aliphatic rings. The first kappa shape index (κ1) is 19.4. The van der Waals surface area contributed by atoms with Gasteiger partial charge in [0.25, 0.3) is 0 Å². The molecule has 29 heavy (non-hydrogen) atoms. The summed E-state index contributed by atoms with van der Waals surface area (Å²) in [4.78, 5) is 16.9. The van der Waals surface area contributed by atoms with Crippen molar-refractivity contribution in [1.82, 2.24) is 25.1 Å². The zero-order valence-electron chi connectivity index (χ0n) is 16.7. The van der Waals surface area contributed by atoms with Crippen LogP contribution in [0.3, 0.4) is 0 Å². The summed E-state index contributed by atoms with van der Waals surface area (Å²) < 4.78 is 1.71. The topological polar surface area (TPSA) is 67.2 Å². The van der Waals surface area contributed by atoms with E-state index in [1.54, 1.807) is 4.68 Å². The van der Waals surface area contributed by atoms with Crippen molar-refractivity contribution in [3.8, 4) is 5.69 Å². The molecule has 2 aromatic carbocycles. The molecule has 4 rings (SSSR count). The largest absolute Gasteiger partial charge is 0.368 e. The zero-order chi connectivity index (χ0) is 20.2. The van der Waals surface area contributed by atoms with E-state index in [-0.39, 0.29) is 5.91 Å². The highest BCUT2D eigenvalue weighted by molar-refractivity contribution is 7.99. The molecule has 0 saturated carbocycles. The Bertz CT molecular complexity index is 982. The van der Waals surface area contributed by atoms with Crippen LogP contribution >= 0.6 is 11.8 Å². The SMILES string of the molecule is Cc1ccc(-n2nnnc2SCC(=O)N2CCN(c3ccccc3)CC2)c(C)c1. The van der Waals surface area contributed by atoms with Gasteiger partial charge < -0.3 is 9.80 Å². The van der Waals surface area contributed by atoms with Gasteiger partial charge in [-0.1, -0.05) is 47.7 Å². The fourth-order valence-electron chi connectivity index (χ4n) is 3.53. The molecule has 1 fully saturated rings. The number of aromatic nitrogens is 4. The number of piperazine rings is 1. The predicted octanol–water partition coefficient (Wildman–Crippen LogP) is 2.72. The zero-order valence-corrected chi connectivity index (χ0v) is 17.5. The Balaban J connectivity index is 1.35. The molecule has 0 spiro atoms. The number of rotatable bonds is 5. The van der Waals surface area contributed by atoms with Gasteiger partial charge in [0.15, 0.2) is 0 Å². The Labute approximate surface area is 174 Å². The van der Waals surface area contributed by atoms with Crippen LogP contribution in [0.5, 0.6) is 0 Å². The molecule has 1 amide bonds. The maximum absolute atomic E-state index is 12.7. The normalized spacial score (nSPS) is 14.3. The van der Waals surface area contributed by atoms with Crippen LogP contribution in [0.2, 0.25) is 0 Å². The van der Waals surface area contributed by atoms with Gasteiger partial charge in [-0.3, -0.25) is 4.79 Å². The third-order valence-electron chi connectivity index (χ3n) is 5.10. The molecule has 0 N–H and O–H groups in total. The van der Waals surface area contributed by atoms with Gasteiger partial charge in [-0.05, 0) is 48.0 Å². The van der Waals surface area contributed by atoms with Gasteiger partial charge in [-0.25, -0.2) is 0 Å². The molecule has 7 nitrogen and oxygen atoms in total. The summed E-state index contributed by atoms with van der Waals surface area (Å²) >= 11 is 1.38. The first-order valence-corrected chi connectivity index (χ1v) is 10.7. The number of benzene rings is 2. The fraction of sp³-hybridized carbons (Fsp3) is 0.333. The van der Waals surface area contributed by atoms with Gasteiger partial charge in [-0.2, -0.15) is 4.68 Å². The highest BCUT2D eigenvalue weighted by atomic mass is 32.2. The van der Waals surface area contributed by atoms with Crippen molar-refractivity contribution in [3.05, 3.63) is 59.7 Å². The number of amides is 1. The maximum Gasteiger partial charge on any atom is 0.233 e. The third kappa shape index (κ3) is 4.42. The Morgan fingerprint density at radius 1 is 1.03 bits per heavy atom. The number of carbonyl (C=O) groups excluding carboxylic acids is 1. The summed E-state index contributed by atoms with van der Waals surface area (Å²) in [5, 5.41) is 12.7. The lowest BCUT2D eigenvalue weighted by molar-refractivity contribution is -0.128. The van der Waals surface area contributed by atoms with Crippen molar-refractivity contribution >= 4 is 23.4 Å². The fourth-order valence-corrected chi connectivity index (χ4v) is 4.32. The lowest BCUT2D eigenvalue weighted by Crippen LogP contribution is -2.49. The molecule has 1 saturated heterocycles. The van der Waals surface area contributed by atoms with Crippen molar-refractivity contribution in [2.24, 2.45) is 0 Å². The average Bonchev–Trinajstić information content (AvgIpc) is 3.21. The number of nitrogens with zero attached hydrogens (tertiary/aromatic N) is 6. The minimum atomic E-state index is 0.123. The van der Waals surface area contributed by atoms with E-state index in [2.05, 4.69) is 45.5 Å². The minimum absolute atomic E-state index is 0.123. The van der Waals surface area contributed by atoms with Crippen molar-refractivity contribution in [1.29, 1.82) is 0 Å². The van der Waals surface area contributed by atoms with Crippen LogP contribution in [-0.2, 0) is 4.79 Å². The summed E-state index contributed by atoms with van der Waals surface area (Å²) in [5.41, 5.74) is 4.44.